The maximum atomic E-state index is 3.74. The number of piperidine rings is 1. The molecule has 18 heavy (non-hydrogen) atoms. The van der Waals surface area contributed by atoms with E-state index in [4.69, 9.17) is 0 Å². The molecule has 0 atom stereocenters. The molecule has 0 aliphatic carbocycles. The Hall–Kier alpha value is -0.0800. The van der Waals surface area contributed by atoms with E-state index in [1.807, 2.05) is 0 Å². The van der Waals surface area contributed by atoms with Crippen LogP contribution < -0.4 is 5.32 Å². The van der Waals surface area contributed by atoms with Crippen LogP contribution in [0.25, 0.3) is 0 Å². The second kappa shape index (κ2) is 9.80. The standard InChI is InChI=1S/C16H34N2/c1-4-7-16(8-5-2)17-11-6-12-18-13-9-15(3)10-14-18/h15-17H,4-14H2,1-3H3. The minimum Gasteiger partial charge on any atom is -0.314 e. The van der Waals surface area contributed by atoms with Crippen LogP contribution in [0.3, 0.4) is 0 Å². The summed E-state index contributed by atoms with van der Waals surface area (Å²) in [5.41, 5.74) is 0. The average Bonchev–Trinajstić information content (AvgIpc) is 2.37. The lowest BCUT2D eigenvalue weighted by Crippen LogP contribution is -2.36. The van der Waals surface area contributed by atoms with Gasteiger partial charge in [0.15, 0.2) is 0 Å². The Labute approximate surface area is 115 Å². The molecule has 1 rings (SSSR count). The fraction of sp³-hybridized carbons (Fsp3) is 1.00. The first-order valence-electron chi connectivity index (χ1n) is 8.22. The summed E-state index contributed by atoms with van der Waals surface area (Å²) in [4.78, 5) is 2.65. The van der Waals surface area contributed by atoms with Gasteiger partial charge in [0.1, 0.15) is 0 Å². The molecule has 1 aliphatic heterocycles. The highest BCUT2D eigenvalue weighted by Crippen LogP contribution is 2.15. The summed E-state index contributed by atoms with van der Waals surface area (Å²) in [6.07, 6.45) is 9.43. The summed E-state index contributed by atoms with van der Waals surface area (Å²) in [6.45, 7) is 12.1. The molecule has 0 bridgehead atoms. The third-order valence-electron chi connectivity index (χ3n) is 4.23. The Morgan fingerprint density at radius 1 is 1.11 bits per heavy atom. The summed E-state index contributed by atoms with van der Waals surface area (Å²) >= 11 is 0. The summed E-state index contributed by atoms with van der Waals surface area (Å²) in [5, 5.41) is 3.74. The second-order valence-corrected chi connectivity index (χ2v) is 6.11. The summed E-state index contributed by atoms with van der Waals surface area (Å²) in [5.74, 6) is 0.956. The van der Waals surface area contributed by atoms with Gasteiger partial charge in [0.25, 0.3) is 0 Å². The van der Waals surface area contributed by atoms with Gasteiger partial charge in [-0.3, -0.25) is 0 Å². The fourth-order valence-corrected chi connectivity index (χ4v) is 2.94. The molecule has 2 nitrogen and oxygen atoms in total. The van der Waals surface area contributed by atoms with Crippen LogP contribution in [-0.4, -0.2) is 37.1 Å². The van der Waals surface area contributed by atoms with E-state index in [9.17, 15) is 0 Å². The molecule has 1 aliphatic rings. The fourth-order valence-electron chi connectivity index (χ4n) is 2.94. The average molecular weight is 254 g/mol. The van der Waals surface area contributed by atoms with Crippen LogP contribution in [0, 0.1) is 5.92 Å². The molecule has 0 amide bonds. The molecule has 0 aromatic heterocycles. The largest absolute Gasteiger partial charge is 0.314 e. The van der Waals surface area contributed by atoms with E-state index in [0.717, 1.165) is 12.0 Å². The predicted molar refractivity (Wildman–Crippen MR) is 81.1 cm³/mol. The molecule has 1 saturated heterocycles. The first kappa shape index (κ1) is 16.0. The lowest BCUT2D eigenvalue weighted by Gasteiger charge is -2.30. The van der Waals surface area contributed by atoms with Gasteiger partial charge in [-0.2, -0.15) is 0 Å². The summed E-state index contributed by atoms with van der Waals surface area (Å²) in [6, 6.07) is 0.765. The maximum absolute atomic E-state index is 3.74. The maximum Gasteiger partial charge on any atom is 0.00668 e. The van der Waals surface area contributed by atoms with Gasteiger partial charge < -0.3 is 10.2 Å². The zero-order chi connectivity index (χ0) is 13.2. The van der Waals surface area contributed by atoms with Gasteiger partial charge in [0.2, 0.25) is 0 Å². The van der Waals surface area contributed by atoms with E-state index in [1.165, 1.54) is 71.1 Å². The van der Waals surface area contributed by atoms with Crippen molar-refractivity contribution in [2.45, 2.75) is 71.8 Å². The van der Waals surface area contributed by atoms with Crippen LogP contribution in [0.15, 0.2) is 0 Å². The Kier molecular flexibility index (Phi) is 8.70. The van der Waals surface area contributed by atoms with Crippen LogP contribution in [0.4, 0.5) is 0 Å². The molecule has 0 unspecified atom stereocenters. The number of hydrogen-bond donors (Lipinski definition) is 1. The third-order valence-corrected chi connectivity index (χ3v) is 4.23. The molecule has 108 valence electrons. The van der Waals surface area contributed by atoms with E-state index < -0.39 is 0 Å². The Morgan fingerprint density at radius 3 is 2.28 bits per heavy atom. The van der Waals surface area contributed by atoms with Gasteiger partial charge in [-0.25, -0.2) is 0 Å². The van der Waals surface area contributed by atoms with Crippen LogP contribution in [0.1, 0.15) is 65.7 Å². The zero-order valence-electron chi connectivity index (χ0n) is 12.9. The number of likely N-dealkylation sites (tertiary alicyclic amines) is 1. The zero-order valence-corrected chi connectivity index (χ0v) is 12.9. The summed E-state index contributed by atoms with van der Waals surface area (Å²) in [7, 11) is 0. The van der Waals surface area contributed by atoms with E-state index >= 15 is 0 Å². The molecule has 0 aromatic carbocycles. The quantitative estimate of drug-likeness (QED) is 0.632. The molecule has 0 radical (unpaired) electrons. The Morgan fingerprint density at radius 2 is 1.72 bits per heavy atom. The summed E-state index contributed by atoms with van der Waals surface area (Å²) < 4.78 is 0. The van der Waals surface area contributed by atoms with Gasteiger partial charge in [-0.05, 0) is 64.2 Å². The first-order valence-corrected chi connectivity index (χ1v) is 8.22. The highest BCUT2D eigenvalue weighted by Gasteiger charge is 2.14. The van der Waals surface area contributed by atoms with Crippen LogP contribution >= 0.6 is 0 Å². The molecule has 1 heterocycles. The lowest BCUT2D eigenvalue weighted by molar-refractivity contribution is 0.189. The van der Waals surface area contributed by atoms with Crippen molar-refractivity contribution in [1.29, 1.82) is 0 Å². The number of nitrogens with one attached hydrogen (secondary N) is 1. The lowest BCUT2D eigenvalue weighted by atomic mass is 9.99. The van der Waals surface area contributed by atoms with Crippen molar-refractivity contribution in [3.8, 4) is 0 Å². The molecule has 0 saturated carbocycles. The highest BCUT2D eigenvalue weighted by molar-refractivity contribution is 4.70. The number of nitrogens with zero attached hydrogens (tertiary/aromatic N) is 1. The smallest absolute Gasteiger partial charge is 0.00668 e. The predicted octanol–water partition coefficient (Wildman–Crippen LogP) is 3.67. The molecule has 0 aromatic rings. The van der Waals surface area contributed by atoms with E-state index in [2.05, 4.69) is 31.0 Å². The highest BCUT2D eigenvalue weighted by atomic mass is 15.1. The normalized spacial score (nSPS) is 18.7. The van der Waals surface area contributed by atoms with Crippen molar-refractivity contribution in [2.24, 2.45) is 5.92 Å². The minimum atomic E-state index is 0.765. The monoisotopic (exact) mass is 254 g/mol. The molecular weight excluding hydrogens is 220 g/mol. The SMILES string of the molecule is CCCC(CCC)NCCCN1CCC(C)CC1. The van der Waals surface area contributed by atoms with Gasteiger partial charge in [-0.15, -0.1) is 0 Å². The van der Waals surface area contributed by atoms with Crippen molar-refractivity contribution in [1.82, 2.24) is 10.2 Å². The molecule has 2 heteroatoms. The van der Waals surface area contributed by atoms with Crippen molar-refractivity contribution in [3.05, 3.63) is 0 Å². The van der Waals surface area contributed by atoms with Gasteiger partial charge in [0, 0.05) is 6.04 Å². The second-order valence-electron chi connectivity index (χ2n) is 6.11. The van der Waals surface area contributed by atoms with Gasteiger partial charge >= 0.3 is 0 Å². The molecule has 1 fully saturated rings. The van der Waals surface area contributed by atoms with Crippen molar-refractivity contribution < 1.29 is 0 Å². The van der Waals surface area contributed by atoms with Gasteiger partial charge in [0.05, 0.1) is 0 Å². The Bertz CT molecular complexity index is 180. The first-order chi connectivity index (χ1) is 8.76. The molecule has 1 N–H and O–H groups in total. The molecular formula is C16H34N2. The van der Waals surface area contributed by atoms with E-state index in [1.54, 1.807) is 0 Å². The Balaban J connectivity index is 2.02. The van der Waals surface area contributed by atoms with Crippen molar-refractivity contribution >= 4 is 0 Å². The number of rotatable bonds is 9. The van der Waals surface area contributed by atoms with E-state index in [0.29, 0.717) is 0 Å². The van der Waals surface area contributed by atoms with Crippen molar-refractivity contribution in [3.63, 3.8) is 0 Å². The topological polar surface area (TPSA) is 15.3 Å². The van der Waals surface area contributed by atoms with Crippen LogP contribution in [0.2, 0.25) is 0 Å². The third kappa shape index (κ3) is 6.75. The van der Waals surface area contributed by atoms with Gasteiger partial charge in [-0.1, -0.05) is 33.6 Å². The van der Waals surface area contributed by atoms with Crippen molar-refractivity contribution in [2.75, 3.05) is 26.2 Å². The number of hydrogen-bond acceptors (Lipinski definition) is 2. The van der Waals surface area contributed by atoms with E-state index in [-0.39, 0.29) is 0 Å². The van der Waals surface area contributed by atoms with Crippen LogP contribution in [0.5, 0.6) is 0 Å². The minimum absolute atomic E-state index is 0.765. The molecule has 0 spiro atoms. The van der Waals surface area contributed by atoms with Crippen LogP contribution in [-0.2, 0) is 0 Å².